The lowest BCUT2D eigenvalue weighted by Gasteiger charge is -2.14. The van der Waals surface area contributed by atoms with Crippen molar-refractivity contribution < 1.29 is 29.2 Å². The van der Waals surface area contributed by atoms with Crippen LogP contribution < -0.4 is 9.47 Å². The summed E-state index contributed by atoms with van der Waals surface area (Å²) in [6, 6.07) is 7.34. The Labute approximate surface area is 154 Å². The molecule has 0 bridgehead atoms. The second-order valence-corrected chi connectivity index (χ2v) is 5.69. The van der Waals surface area contributed by atoms with E-state index in [0.717, 1.165) is 0 Å². The van der Waals surface area contributed by atoms with E-state index in [2.05, 4.69) is 0 Å². The monoisotopic (exact) mass is 386 g/mol. The quantitative estimate of drug-likeness (QED) is 0.518. The highest BCUT2D eigenvalue weighted by molar-refractivity contribution is 6.34. The van der Waals surface area contributed by atoms with Crippen molar-refractivity contribution in [1.29, 1.82) is 0 Å². The van der Waals surface area contributed by atoms with Gasteiger partial charge in [0.15, 0.2) is 18.3 Å². The average molecular weight is 387 g/mol. The molecule has 8 heteroatoms. The van der Waals surface area contributed by atoms with Crippen molar-refractivity contribution in [3.63, 3.8) is 0 Å². The molecule has 0 aromatic heterocycles. The maximum Gasteiger partial charge on any atom is 0.339 e. The predicted molar refractivity (Wildman–Crippen MR) is 93.0 cm³/mol. The normalized spacial score (nSPS) is 10.5. The van der Waals surface area contributed by atoms with Gasteiger partial charge in [-0.25, -0.2) is 4.79 Å². The lowest BCUT2D eigenvalue weighted by atomic mass is 10.2. The Morgan fingerprint density at radius 2 is 1.92 bits per heavy atom. The topological polar surface area (TPSA) is 85.2 Å². The standard InChI is InChI=1S/C17H16Cl2O6/c1-2-23-9-25-14-7-11(18)6-10(15(14)19)8-24-13-5-3-4-12(16(13)20)17(21)22/h3-7,20H,2,8-9H2,1H3,(H,21,22). The van der Waals surface area contributed by atoms with Crippen LogP contribution in [-0.4, -0.2) is 29.6 Å². The zero-order valence-electron chi connectivity index (χ0n) is 13.3. The molecule has 2 aromatic carbocycles. The summed E-state index contributed by atoms with van der Waals surface area (Å²) in [5.74, 6) is -1.35. The summed E-state index contributed by atoms with van der Waals surface area (Å²) < 4.78 is 16.0. The molecule has 0 aliphatic rings. The Morgan fingerprint density at radius 3 is 2.60 bits per heavy atom. The summed E-state index contributed by atoms with van der Waals surface area (Å²) in [6.45, 7) is 2.31. The van der Waals surface area contributed by atoms with E-state index in [1.807, 2.05) is 6.92 Å². The molecule has 0 fully saturated rings. The molecule has 0 heterocycles. The third-order valence-corrected chi connectivity index (χ3v) is 3.84. The second kappa shape index (κ2) is 8.80. The Balaban J connectivity index is 2.18. The molecular formula is C17H16Cl2O6. The van der Waals surface area contributed by atoms with E-state index >= 15 is 0 Å². The van der Waals surface area contributed by atoms with Crippen molar-refractivity contribution in [1.82, 2.24) is 0 Å². The number of benzene rings is 2. The van der Waals surface area contributed by atoms with Crippen LogP contribution in [0.5, 0.6) is 17.2 Å². The van der Waals surface area contributed by atoms with Gasteiger partial charge in [0.1, 0.15) is 17.9 Å². The van der Waals surface area contributed by atoms with Crippen LogP contribution >= 0.6 is 23.2 Å². The van der Waals surface area contributed by atoms with Crippen LogP contribution in [0.15, 0.2) is 30.3 Å². The maximum atomic E-state index is 11.0. The fourth-order valence-electron chi connectivity index (χ4n) is 1.98. The van der Waals surface area contributed by atoms with E-state index in [-0.39, 0.29) is 29.7 Å². The molecule has 0 aliphatic heterocycles. The number of aromatic carboxylic acids is 1. The van der Waals surface area contributed by atoms with Gasteiger partial charge in [0, 0.05) is 23.3 Å². The van der Waals surface area contributed by atoms with Gasteiger partial charge in [-0.2, -0.15) is 0 Å². The highest BCUT2D eigenvalue weighted by atomic mass is 35.5. The average Bonchev–Trinajstić information content (AvgIpc) is 2.57. The number of carboxylic acids is 1. The SMILES string of the molecule is CCOCOc1cc(Cl)cc(COc2cccc(C(=O)O)c2O)c1Cl. The number of hydrogen-bond acceptors (Lipinski definition) is 5. The number of carboxylic acid groups (broad SMARTS) is 1. The Hall–Kier alpha value is -2.15. The first kappa shape index (κ1) is 19.2. The van der Waals surface area contributed by atoms with Crippen LogP contribution in [0, 0.1) is 0 Å². The van der Waals surface area contributed by atoms with Crippen molar-refractivity contribution in [2.75, 3.05) is 13.4 Å². The molecule has 0 amide bonds. The van der Waals surface area contributed by atoms with Gasteiger partial charge in [0.05, 0.1) is 5.02 Å². The molecule has 0 atom stereocenters. The van der Waals surface area contributed by atoms with E-state index in [1.165, 1.54) is 18.2 Å². The molecule has 134 valence electrons. The fourth-order valence-corrected chi connectivity index (χ4v) is 2.43. The van der Waals surface area contributed by atoms with Crippen molar-refractivity contribution in [2.24, 2.45) is 0 Å². The molecule has 6 nitrogen and oxygen atoms in total. The van der Waals surface area contributed by atoms with Crippen LogP contribution in [0.3, 0.4) is 0 Å². The van der Waals surface area contributed by atoms with E-state index in [4.69, 9.17) is 42.5 Å². The molecule has 0 unspecified atom stereocenters. The van der Waals surface area contributed by atoms with Gasteiger partial charge in [-0.05, 0) is 25.1 Å². The molecule has 0 saturated carbocycles. The van der Waals surface area contributed by atoms with Gasteiger partial charge in [-0.1, -0.05) is 29.3 Å². The second-order valence-electron chi connectivity index (χ2n) is 4.88. The highest BCUT2D eigenvalue weighted by Crippen LogP contribution is 2.35. The van der Waals surface area contributed by atoms with Crippen LogP contribution in [0.4, 0.5) is 0 Å². The van der Waals surface area contributed by atoms with Gasteiger partial charge >= 0.3 is 5.97 Å². The number of hydrogen-bond donors (Lipinski definition) is 2. The first-order valence-corrected chi connectivity index (χ1v) is 8.06. The molecule has 2 N–H and O–H groups in total. The molecule has 2 aromatic rings. The number of phenols is 1. The smallest absolute Gasteiger partial charge is 0.339 e. The molecule has 2 rings (SSSR count). The summed E-state index contributed by atoms with van der Waals surface area (Å²) in [4.78, 5) is 11.0. The summed E-state index contributed by atoms with van der Waals surface area (Å²) >= 11 is 12.3. The first-order valence-electron chi connectivity index (χ1n) is 7.30. The number of rotatable bonds is 8. The third kappa shape index (κ3) is 4.92. The van der Waals surface area contributed by atoms with Gasteiger partial charge < -0.3 is 24.4 Å². The van der Waals surface area contributed by atoms with Crippen molar-refractivity contribution >= 4 is 29.2 Å². The molecule has 0 aliphatic carbocycles. The Bertz CT molecular complexity index is 763. The Morgan fingerprint density at radius 1 is 1.16 bits per heavy atom. The lowest BCUT2D eigenvalue weighted by Crippen LogP contribution is -2.05. The third-order valence-electron chi connectivity index (χ3n) is 3.19. The molecule has 0 saturated heterocycles. The zero-order chi connectivity index (χ0) is 18.4. The predicted octanol–water partition coefficient (Wildman–Crippen LogP) is 4.35. The van der Waals surface area contributed by atoms with Crippen LogP contribution in [0.1, 0.15) is 22.8 Å². The van der Waals surface area contributed by atoms with E-state index in [1.54, 1.807) is 12.1 Å². The highest BCUT2D eigenvalue weighted by Gasteiger charge is 2.16. The van der Waals surface area contributed by atoms with Gasteiger partial charge in [0.25, 0.3) is 0 Å². The van der Waals surface area contributed by atoms with E-state index in [9.17, 15) is 9.90 Å². The van der Waals surface area contributed by atoms with Crippen LogP contribution in [0.2, 0.25) is 10.0 Å². The van der Waals surface area contributed by atoms with Crippen molar-refractivity contribution in [3.05, 3.63) is 51.5 Å². The maximum absolute atomic E-state index is 11.0. The molecule has 0 radical (unpaired) electrons. The van der Waals surface area contributed by atoms with Crippen molar-refractivity contribution in [2.45, 2.75) is 13.5 Å². The molecule has 25 heavy (non-hydrogen) atoms. The number of halogens is 2. The molecule has 0 spiro atoms. The van der Waals surface area contributed by atoms with Crippen LogP contribution in [0.25, 0.3) is 0 Å². The minimum Gasteiger partial charge on any atom is -0.504 e. The van der Waals surface area contributed by atoms with Crippen molar-refractivity contribution in [3.8, 4) is 17.2 Å². The zero-order valence-corrected chi connectivity index (χ0v) is 14.8. The number of carbonyl (C=O) groups is 1. The lowest BCUT2D eigenvalue weighted by molar-refractivity contribution is 0.0224. The minimum absolute atomic E-state index is 0.0210. The molecular weight excluding hydrogens is 371 g/mol. The first-order chi connectivity index (χ1) is 11.9. The van der Waals surface area contributed by atoms with Gasteiger partial charge in [-0.3, -0.25) is 0 Å². The van der Waals surface area contributed by atoms with Crippen LogP contribution in [-0.2, 0) is 11.3 Å². The number of aromatic hydroxyl groups is 1. The largest absolute Gasteiger partial charge is 0.504 e. The fraction of sp³-hybridized carbons (Fsp3) is 0.235. The van der Waals surface area contributed by atoms with Gasteiger partial charge in [0.2, 0.25) is 0 Å². The number of para-hydroxylation sites is 1. The van der Waals surface area contributed by atoms with Gasteiger partial charge in [-0.15, -0.1) is 0 Å². The van der Waals surface area contributed by atoms with E-state index < -0.39 is 11.7 Å². The summed E-state index contributed by atoms with van der Waals surface area (Å²) in [7, 11) is 0. The minimum atomic E-state index is -1.25. The van der Waals surface area contributed by atoms with E-state index in [0.29, 0.717) is 22.9 Å². The summed E-state index contributed by atoms with van der Waals surface area (Å²) in [6.07, 6.45) is 0. The number of ether oxygens (including phenoxy) is 3. The summed E-state index contributed by atoms with van der Waals surface area (Å²) in [5, 5.41) is 19.6. The Kier molecular flexibility index (Phi) is 6.75. The summed E-state index contributed by atoms with van der Waals surface area (Å²) in [5.41, 5.74) is 0.260.